The first-order valence-corrected chi connectivity index (χ1v) is 8.20. The van der Waals surface area contributed by atoms with Gasteiger partial charge in [0.15, 0.2) is 0 Å². The molecule has 1 aliphatic rings. The van der Waals surface area contributed by atoms with Crippen LogP contribution in [0.15, 0.2) is 30.3 Å². The molecule has 0 aromatic heterocycles. The molecular formula is C18H30N2. The number of likely N-dealkylation sites (tertiary alicyclic amines) is 1. The van der Waals surface area contributed by atoms with Gasteiger partial charge in [-0.2, -0.15) is 0 Å². The molecule has 1 fully saturated rings. The molecule has 0 aliphatic carbocycles. The molecule has 0 radical (unpaired) electrons. The second-order valence-corrected chi connectivity index (χ2v) is 6.35. The first-order valence-electron chi connectivity index (χ1n) is 8.20. The minimum absolute atomic E-state index is 0.479. The zero-order chi connectivity index (χ0) is 14.4. The van der Waals surface area contributed by atoms with E-state index in [1.54, 1.807) is 0 Å². The molecule has 1 saturated heterocycles. The Hall–Kier alpha value is -0.860. The third-order valence-corrected chi connectivity index (χ3v) is 5.45. The van der Waals surface area contributed by atoms with Crippen LogP contribution < -0.4 is 5.73 Å². The highest BCUT2D eigenvalue weighted by atomic mass is 15.1. The molecule has 1 aliphatic heterocycles. The first-order chi connectivity index (χ1) is 9.73. The van der Waals surface area contributed by atoms with Gasteiger partial charge in [0.1, 0.15) is 0 Å². The second kappa shape index (κ2) is 7.24. The van der Waals surface area contributed by atoms with E-state index in [4.69, 9.17) is 5.73 Å². The van der Waals surface area contributed by atoms with Crippen molar-refractivity contribution in [2.45, 2.75) is 45.4 Å². The lowest BCUT2D eigenvalue weighted by Gasteiger charge is -2.42. The summed E-state index contributed by atoms with van der Waals surface area (Å²) in [5.41, 5.74) is 8.00. The van der Waals surface area contributed by atoms with E-state index >= 15 is 0 Å². The summed E-state index contributed by atoms with van der Waals surface area (Å²) >= 11 is 0. The molecule has 2 rings (SSSR count). The zero-order valence-corrected chi connectivity index (χ0v) is 13.1. The van der Waals surface area contributed by atoms with Crippen molar-refractivity contribution in [2.75, 3.05) is 26.2 Å². The minimum atomic E-state index is 0.479. The van der Waals surface area contributed by atoms with E-state index in [0.29, 0.717) is 11.3 Å². The average molecular weight is 274 g/mol. The van der Waals surface area contributed by atoms with Gasteiger partial charge in [0, 0.05) is 19.0 Å². The van der Waals surface area contributed by atoms with Gasteiger partial charge in [0.25, 0.3) is 0 Å². The Labute approximate surface area is 124 Å². The van der Waals surface area contributed by atoms with Gasteiger partial charge in [-0.3, -0.25) is 0 Å². The van der Waals surface area contributed by atoms with Gasteiger partial charge in [-0.05, 0) is 36.9 Å². The van der Waals surface area contributed by atoms with Crippen LogP contribution in [0, 0.1) is 5.41 Å². The lowest BCUT2D eigenvalue weighted by Crippen LogP contribution is -2.42. The number of hydrogen-bond donors (Lipinski definition) is 1. The Kier molecular flexibility index (Phi) is 5.62. The summed E-state index contributed by atoms with van der Waals surface area (Å²) in [6, 6.07) is 10.7. The van der Waals surface area contributed by atoms with Crippen molar-refractivity contribution in [3.05, 3.63) is 35.9 Å². The molecule has 0 saturated carbocycles. The SMILES string of the molecule is CCC1(CC)CCN(CC(CN)c2ccccc2)CC1. The highest BCUT2D eigenvalue weighted by Crippen LogP contribution is 2.38. The summed E-state index contributed by atoms with van der Waals surface area (Å²) in [5.74, 6) is 0.479. The van der Waals surface area contributed by atoms with Crippen LogP contribution >= 0.6 is 0 Å². The fourth-order valence-corrected chi connectivity index (χ4v) is 3.52. The summed E-state index contributed by atoms with van der Waals surface area (Å²) in [7, 11) is 0. The monoisotopic (exact) mass is 274 g/mol. The lowest BCUT2D eigenvalue weighted by molar-refractivity contribution is 0.0916. The van der Waals surface area contributed by atoms with Gasteiger partial charge in [-0.25, -0.2) is 0 Å². The van der Waals surface area contributed by atoms with Crippen molar-refractivity contribution < 1.29 is 0 Å². The fourth-order valence-electron chi connectivity index (χ4n) is 3.52. The van der Waals surface area contributed by atoms with Crippen LogP contribution in [0.2, 0.25) is 0 Å². The average Bonchev–Trinajstić information content (AvgIpc) is 2.54. The molecule has 1 unspecified atom stereocenters. The van der Waals surface area contributed by atoms with Crippen molar-refractivity contribution in [3.63, 3.8) is 0 Å². The third-order valence-electron chi connectivity index (χ3n) is 5.45. The Morgan fingerprint density at radius 2 is 1.70 bits per heavy atom. The number of rotatable bonds is 6. The van der Waals surface area contributed by atoms with Gasteiger partial charge in [-0.1, -0.05) is 57.0 Å². The molecule has 112 valence electrons. The van der Waals surface area contributed by atoms with Crippen molar-refractivity contribution in [1.82, 2.24) is 4.90 Å². The molecule has 1 aromatic rings. The molecule has 0 spiro atoms. The number of hydrogen-bond acceptors (Lipinski definition) is 2. The van der Waals surface area contributed by atoms with Gasteiger partial charge in [0.2, 0.25) is 0 Å². The molecule has 1 heterocycles. The molecule has 1 aromatic carbocycles. The van der Waals surface area contributed by atoms with E-state index in [9.17, 15) is 0 Å². The van der Waals surface area contributed by atoms with Gasteiger partial charge < -0.3 is 10.6 Å². The van der Waals surface area contributed by atoms with E-state index in [2.05, 4.69) is 49.1 Å². The molecule has 2 heteroatoms. The predicted octanol–water partition coefficient (Wildman–Crippen LogP) is 3.63. The lowest BCUT2D eigenvalue weighted by atomic mass is 9.74. The summed E-state index contributed by atoms with van der Waals surface area (Å²) < 4.78 is 0. The zero-order valence-electron chi connectivity index (χ0n) is 13.1. The van der Waals surface area contributed by atoms with Gasteiger partial charge in [0.05, 0.1) is 0 Å². The normalized spacial score (nSPS) is 20.8. The van der Waals surface area contributed by atoms with Crippen LogP contribution in [0.5, 0.6) is 0 Å². The van der Waals surface area contributed by atoms with Crippen LogP contribution in [0.1, 0.15) is 51.0 Å². The highest BCUT2D eigenvalue weighted by molar-refractivity contribution is 5.20. The maximum Gasteiger partial charge on any atom is 0.00888 e. The molecule has 0 bridgehead atoms. The van der Waals surface area contributed by atoms with Crippen LogP contribution in [-0.2, 0) is 0 Å². The van der Waals surface area contributed by atoms with Crippen LogP contribution in [0.3, 0.4) is 0 Å². The standard InChI is InChI=1S/C18H30N2/c1-3-18(4-2)10-12-20(13-11-18)15-17(14-19)16-8-6-5-7-9-16/h5-9,17H,3-4,10-15,19H2,1-2H3. The molecule has 1 atom stereocenters. The maximum absolute atomic E-state index is 6.00. The predicted molar refractivity (Wildman–Crippen MR) is 86.9 cm³/mol. The van der Waals surface area contributed by atoms with Crippen molar-refractivity contribution in [3.8, 4) is 0 Å². The van der Waals surface area contributed by atoms with Crippen molar-refractivity contribution in [1.29, 1.82) is 0 Å². The smallest absolute Gasteiger partial charge is 0.00888 e. The molecule has 2 nitrogen and oxygen atoms in total. The Morgan fingerprint density at radius 1 is 1.10 bits per heavy atom. The Morgan fingerprint density at radius 3 is 2.20 bits per heavy atom. The number of nitrogens with zero attached hydrogens (tertiary/aromatic N) is 1. The molecule has 2 N–H and O–H groups in total. The van der Waals surface area contributed by atoms with Gasteiger partial charge >= 0.3 is 0 Å². The van der Waals surface area contributed by atoms with E-state index in [-0.39, 0.29) is 0 Å². The van der Waals surface area contributed by atoms with Crippen LogP contribution in [0.25, 0.3) is 0 Å². The fraction of sp³-hybridized carbons (Fsp3) is 0.667. The summed E-state index contributed by atoms with van der Waals surface area (Å²) in [6.45, 7) is 9.05. The number of piperidine rings is 1. The summed E-state index contributed by atoms with van der Waals surface area (Å²) in [6.07, 6.45) is 5.37. The second-order valence-electron chi connectivity index (χ2n) is 6.35. The topological polar surface area (TPSA) is 29.3 Å². The Balaban J connectivity index is 1.91. The van der Waals surface area contributed by atoms with E-state index in [1.807, 2.05) is 0 Å². The van der Waals surface area contributed by atoms with Crippen LogP contribution in [0.4, 0.5) is 0 Å². The summed E-state index contributed by atoms with van der Waals surface area (Å²) in [5, 5.41) is 0. The van der Waals surface area contributed by atoms with Gasteiger partial charge in [-0.15, -0.1) is 0 Å². The minimum Gasteiger partial charge on any atom is -0.330 e. The van der Waals surface area contributed by atoms with E-state index < -0.39 is 0 Å². The van der Waals surface area contributed by atoms with E-state index in [0.717, 1.165) is 13.1 Å². The third kappa shape index (κ3) is 3.62. The Bertz CT molecular complexity index is 374. The molecular weight excluding hydrogens is 244 g/mol. The van der Waals surface area contributed by atoms with Crippen molar-refractivity contribution in [2.24, 2.45) is 11.1 Å². The first kappa shape index (κ1) is 15.5. The summed E-state index contributed by atoms with van der Waals surface area (Å²) in [4.78, 5) is 2.62. The highest BCUT2D eigenvalue weighted by Gasteiger charge is 2.31. The van der Waals surface area contributed by atoms with Crippen molar-refractivity contribution >= 4 is 0 Å². The number of nitrogens with two attached hydrogens (primary N) is 1. The number of benzene rings is 1. The largest absolute Gasteiger partial charge is 0.330 e. The maximum atomic E-state index is 6.00. The van der Waals surface area contributed by atoms with Crippen LogP contribution in [-0.4, -0.2) is 31.1 Å². The quantitative estimate of drug-likeness (QED) is 0.858. The molecule has 20 heavy (non-hydrogen) atoms. The molecule has 0 amide bonds. The van der Waals surface area contributed by atoms with E-state index in [1.165, 1.54) is 44.3 Å².